The fourth-order valence-electron chi connectivity index (χ4n) is 1.35. The molecule has 1 aromatic heterocycles. The van der Waals surface area contributed by atoms with Crippen molar-refractivity contribution >= 4 is 10.0 Å². The molecule has 0 aliphatic heterocycles. The topological polar surface area (TPSA) is 99.2 Å². The molecule has 1 heterocycles. The third-order valence-corrected chi connectivity index (χ3v) is 3.60. The van der Waals surface area contributed by atoms with E-state index in [1.54, 1.807) is 6.92 Å². The second-order valence-corrected chi connectivity index (χ2v) is 5.42. The van der Waals surface area contributed by atoms with Crippen LogP contribution in [0.5, 0.6) is 0 Å². The molecule has 0 fully saturated rings. The predicted molar refractivity (Wildman–Crippen MR) is 62.9 cm³/mol. The van der Waals surface area contributed by atoms with Crippen molar-refractivity contribution in [3.63, 3.8) is 0 Å². The number of hydrogen-bond acceptors (Lipinski definition) is 5. The fraction of sp³-hybridized carbons (Fsp3) is 0.667. The molecule has 0 saturated heterocycles. The Kier molecular flexibility index (Phi) is 5.06. The van der Waals surface area contributed by atoms with Crippen molar-refractivity contribution in [1.82, 2.24) is 14.5 Å². The van der Waals surface area contributed by atoms with Gasteiger partial charge in [0.05, 0.1) is 19.3 Å². The summed E-state index contributed by atoms with van der Waals surface area (Å²) in [4.78, 5) is 0.133. The molecule has 8 heteroatoms. The SMILES string of the molecule is COCC(C)NS(=O)(=O)c1cnn(CCN)c1. The quantitative estimate of drug-likeness (QED) is 0.667. The Balaban J connectivity index is 2.75. The highest BCUT2D eigenvalue weighted by atomic mass is 32.2. The van der Waals surface area contributed by atoms with Gasteiger partial charge < -0.3 is 10.5 Å². The van der Waals surface area contributed by atoms with E-state index in [0.717, 1.165) is 0 Å². The van der Waals surface area contributed by atoms with E-state index in [1.165, 1.54) is 24.2 Å². The molecule has 7 nitrogen and oxygen atoms in total. The molecule has 1 rings (SSSR count). The number of aromatic nitrogens is 2. The van der Waals surface area contributed by atoms with Crippen LogP contribution in [0.25, 0.3) is 0 Å². The number of methoxy groups -OCH3 is 1. The van der Waals surface area contributed by atoms with Crippen LogP contribution >= 0.6 is 0 Å². The largest absolute Gasteiger partial charge is 0.383 e. The normalized spacial score (nSPS) is 13.8. The molecule has 0 radical (unpaired) electrons. The summed E-state index contributed by atoms with van der Waals surface area (Å²) in [5.74, 6) is 0. The number of hydrogen-bond donors (Lipinski definition) is 2. The number of nitrogens with two attached hydrogens (primary N) is 1. The first-order valence-electron chi connectivity index (χ1n) is 5.23. The standard InChI is InChI=1S/C9H18N4O3S/c1-8(7-16-2)12-17(14,15)9-5-11-13(6-9)4-3-10/h5-6,8,12H,3-4,7,10H2,1-2H3. The first kappa shape index (κ1) is 14.1. The van der Waals surface area contributed by atoms with Gasteiger partial charge in [0.1, 0.15) is 4.90 Å². The van der Waals surface area contributed by atoms with E-state index in [1.807, 2.05) is 0 Å². The zero-order valence-electron chi connectivity index (χ0n) is 9.96. The minimum absolute atomic E-state index is 0.133. The average Bonchev–Trinajstić information content (AvgIpc) is 2.67. The van der Waals surface area contributed by atoms with Crippen molar-refractivity contribution < 1.29 is 13.2 Å². The summed E-state index contributed by atoms with van der Waals surface area (Å²) < 4.78 is 32.6. The molecule has 0 aromatic carbocycles. The maximum Gasteiger partial charge on any atom is 0.244 e. The van der Waals surface area contributed by atoms with Gasteiger partial charge in [0.15, 0.2) is 0 Å². The zero-order chi connectivity index (χ0) is 12.9. The van der Waals surface area contributed by atoms with Crippen molar-refractivity contribution in [3.8, 4) is 0 Å². The number of rotatable bonds is 7. The summed E-state index contributed by atoms with van der Waals surface area (Å²) >= 11 is 0. The lowest BCUT2D eigenvalue weighted by Crippen LogP contribution is -2.35. The van der Waals surface area contributed by atoms with Gasteiger partial charge in [-0.2, -0.15) is 5.10 Å². The predicted octanol–water partition coefficient (Wildman–Crippen LogP) is -0.845. The molecule has 17 heavy (non-hydrogen) atoms. The Morgan fingerprint density at radius 2 is 2.35 bits per heavy atom. The van der Waals surface area contributed by atoms with E-state index in [2.05, 4.69) is 9.82 Å². The number of nitrogens with zero attached hydrogens (tertiary/aromatic N) is 2. The highest BCUT2D eigenvalue weighted by molar-refractivity contribution is 7.89. The van der Waals surface area contributed by atoms with Crippen molar-refractivity contribution in [1.29, 1.82) is 0 Å². The summed E-state index contributed by atoms with van der Waals surface area (Å²) in [5, 5.41) is 3.91. The Labute approximate surface area is 101 Å². The number of nitrogens with one attached hydrogen (secondary N) is 1. The molecular formula is C9H18N4O3S. The Hall–Kier alpha value is -0.960. The molecule has 1 atom stereocenters. The summed E-state index contributed by atoms with van der Waals surface area (Å²) in [6.45, 7) is 2.94. The molecule has 0 spiro atoms. The van der Waals surface area contributed by atoms with Crippen LogP contribution in [0.15, 0.2) is 17.3 Å². The van der Waals surface area contributed by atoms with Crippen LogP contribution in [-0.2, 0) is 21.3 Å². The van der Waals surface area contributed by atoms with Gasteiger partial charge in [-0.3, -0.25) is 4.68 Å². The minimum atomic E-state index is -3.53. The molecule has 0 saturated carbocycles. The maximum absolute atomic E-state index is 11.9. The van der Waals surface area contributed by atoms with Gasteiger partial charge in [0, 0.05) is 25.9 Å². The van der Waals surface area contributed by atoms with Crippen molar-refractivity contribution in [2.75, 3.05) is 20.3 Å². The summed E-state index contributed by atoms with van der Waals surface area (Å²) in [6, 6.07) is -0.289. The lowest BCUT2D eigenvalue weighted by Gasteiger charge is -2.11. The molecule has 0 amide bonds. The smallest absolute Gasteiger partial charge is 0.244 e. The van der Waals surface area contributed by atoms with Crippen LogP contribution in [0, 0.1) is 0 Å². The van der Waals surface area contributed by atoms with Crippen LogP contribution in [0.2, 0.25) is 0 Å². The van der Waals surface area contributed by atoms with Gasteiger partial charge >= 0.3 is 0 Å². The molecule has 98 valence electrons. The van der Waals surface area contributed by atoms with E-state index >= 15 is 0 Å². The minimum Gasteiger partial charge on any atom is -0.383 e. The average molecular weight is 262 g/mol. The Morgan fingerprint density at radius 3 is 2.94 bits per heavy atom. The number of ether oxygens (including phenoxy) is 1. The molecular weight excluding hydrogens is 244 g/mol. The van der Waals surface area contributed by atoms with E-state index in [4.69, 9.17) is 10.5 Å². The third-order valence-electron chi connectivity index (χ3n) is 2.05. The zero-order valence-corrected chi connectivity index (χ0v) is 10.8. The lowest BCUT2D eigenvalue weighted by atomic mass is 10.4. The van der Waals surface area contributed by atoms with Crippen LogP contribution in [0.1, 0.15) is 6.92 Å². The first-order chi connectivity index (χ1) is 7.99. The third kappa shape index (κ3) is 4.08. The maximum atomic E-state index is 11.9. The van der Waals surface area contributed by atoms with E-state index < -0.39 is 10.0 Å². The van der Waals surface area contributed by atoms with Gasteiger partial charge in [0.25, 0.3) is 0 Å². The molecule has 0 bridgehead atoms. The Morgan fingerprint density at radius 1 is 1.65 bits per heavy atom. The first-order valence-corrected chi connectivity index (χ1v) is 6.71. The van der Waals surface area contributed by atoms with Crippen molar-refractivity contribution in [2.45, 2.75) is 24.4 Å². The van der Waals surface area contributed by atoms with Crippen LogP contribution in [0.4, 0.5) is 0 Å². The van der Waals surface area contributed by atoms with Gasteiger partial charge in [-0.05, 0) is 6.92 Å². The molecule has 0 aliphatic carbocycles. The van der Waals surface area contributed by atoms with Gasteiger partial charge in [-0.1, -0.05) is 0 Å². The second-order valence-electron chi connectivity index (χ2n) is 3.71. The van der Waals surface area contributed by atoms with Crippen molar-refractivity contribution in [2.24, 2.45) is 5.73 Å². The highest BCUT2D eigenvalue weighted by Gasteiger charge is 2.19. The van der Waals surface area contributed by atoms with Gasteiger partial charge in [-0.15, -0.1) is 0 Å². The van der Waals surface area contributed by atoms with Gasteiger partial charge in [0.2, 0.25) is 10.0 Å². The monoisotopic (exact) mass is 262 g/mol. The molecule has 0 aliphatic rings. The van der Waals surface area contributed by atoms with E-state index in [-0.39, 0.29) is 10.9 Å². The van der Waals surface area contributed by atoms with Gasteiger partial charge in [-0.25, -0.2) is 13.1 Å². The summed E-state index contributed by atoms with van der Waals surface area (Å²) in [7, 11) is -2.02. The molecule has 3 N–H and O–H groups in total. The number of sulfonamides is 1. The fourth-order valence-corrected chi connectivity index (χ4v) is 2.54. The lowest BCUT2D eigenvalue weighted by molar-refractivity contribution is 0.180. The van der Waals surface area contributed by atoms with Crippen LogP contribution in [-0.4, -0.2) is 44.5 Å². The summed E-state index contributed by atoms with van der Waals surface area (Å²) in [5.41, 5.74) is 5.36. The van der Waals surface area contributed by atoms with E-state index in [9.17, 15) is 8.42 Å². The second kappa shape index (κ2) is 6.10. The van der Waals surface area contributed by atoms with Crippen molar-refractivity contribution in [3.05, 3.63) is 12.4 Å². The molecule has 1 aromatic rings. The van der Waals surface area contributed by atoms with Crippen LogP contribution < -0.4 is 10.5 Å². The Bertz CT molecular complexity index is 443. The summed E-state index contributed by atoms with van der Waals surface area (Å²) in [6.07, 6.45) is 2.76. The van der Waals surface area contributed by atoms with Crippen LogP contribution in [0.3, 0.4) is 0 Å². The van der Waals surface area contributed by atoms with E-state index in [0.29, 0.717) is 19.7 Å². The molecule has 1 unspecified atom stereocenters. The highest BCUT2D eigenvalue weighted by Crippen LogP contribution is 2.07.